The van der Waals surface area contributed by atoms with E-state index in [0.29, 0.717) is 12.8 Å². The predicted octanol–water partition coefficient (Wildman–Crippen LogP) is 7.50. The minimum Gasteiger partial charge on any atom is -0.462 e. The van der Waals surface area contributed by atoms with Crippen molar-refractivity contribution in [1.29, 1.82) is 0 Å². The van der Waals surface area contributed by atoms with Gasteiger partial charge in [-0.25, -0.2) is 4.57 Å². The first-order valence-electron chi connectivity index (χ1n) is 21.5. The fourth-order valence-corrected chi connectivity index (χ4v) is 7.55. The highest BCUT2D eigenvalue weighted by Crippen LogP contribution is 2.47. The molecular formula is C41H77O13P. The molecule has 324 valence electrons. The van der Waals surface area contributed by atoms with Crippen molar-refractivity contribution in [3.05, 3.63) is 12.2 Å². The molecule has 6 unspecified atom stereocenters. The molecule has 13 nitrogen and oxygen atoms in total. The van der Waals surface area contributed by atoms with Crippen LogP contribution in [0.25, 0.3) is 0 Å². The Morgan fingerprint density at radius 1 is 0.545 bits per heavy atom. The lowest BCUT2D eigenvalue weighted by Gasteiger charge is -2.41. The average molecular weight is 809 g/mol. The number of carbonyl (C=O) groups is 2. The Balaban J connectivity index is 2.49. The van der Waals surface area contributed by atoms with E-state index in [0.717, 1.165) is 51.4 Å². The summed E-state index contributed by atoms with van der Waals surface area (Å²) in [5.41, 5.74) is 0. The molecule has 1 fully saturated rings. The molecule has 1 rings (SSSR count). The number of aliphatic hydroxyl groups is 5. The van der Waals surface area contributed by atoms with E-state index in [-0.39, 0.29) is 12.8 Å². The van der Waals surface area contributed by atoms with E-state index in [9.17, 15) is 44.6 Å². The van der Waals surface area contributed by atoms with Crippen molar-refractivity contribution in [3.63, 3.8) is 0 Å². The highest BCUT2D eigenvalue weighted by atomic mass is 31.2. The fraction of sp³-hybridized carbons (Fsp3) is 0.902. The molecule has 0 heterocycles. The van der Waals surface area contributed by atoms with Crippen LogP contribution in [0.5, 0.6) is 0 Å². The Labute approximate surface area is 331 Å². The smallest absolute Gasteiger partial charge is 0.462 e. The van der Waals surface area contributed by atoms with Gasteiger partial charge in [-0.05, 0) is 38.5 Å². The molecule has 0 spiro atoms. The van der Waals surface area contributed by atoms with Crippen molar-refractivity contribution in [1.82, 2.24) is 0 Å². The summed E-state index contributed by atoms with van der Waals surface area (Å²) in [6.45, 7) is 3.26. The number of hydrogen-bond acceptors (Lipinski definition) is 12. The van der Waals surface area contributed by atoms with Gasteiger partial charge in [0.1, 0.15) is 43.2 Å². The molecule has 14 heteroatoms. The second-order valence-electron chi connectivity index (χ2n) is 15.2. The van der Waals surface area contributed by atoms with Gasteiger partial charge in [0.25, 0.3) is 0 Å². The summed E-state index contributed by atoms with van der Waals surface area (Å²) < 4.78 is 33.4. The van der Waals surface area contributed by atoms with Crippen LogP contribution in [0.1, 0.15) is 181 Å². The third kappa shape index (κ3) is 25.5. The standard InChI is InChI=1S/C41H77O13P/c1-3-5-7-9-11-13-15-16-17-18-20-21-23-25-27-29-34(42)51-31-33(53-35(43)30-28-26-24-22-19-14-12-10-8-6-4-2)32-52-55(49,50)54-41-39(47)37(45)36(44)38(46)40(41)48/h18,20,33,36-41,44-48H,3-17,19,21-32H2,1-2H3,(H,49,50)/b20-18+/t33-,36?,37-,38?,39?,40?,41?/m1/s1. The molecule has 0 amide bonds. The summed E-state index contributed by atoms with van der Waals surface area (Å²) >= 11 is 0. The zero-order valence-corrected chi connectivity index (χ0v) is 34.9. The molecular weight excluding hydrogens is 731 g/mol. The normalized spacial score (nSPS) is 23.1. The van der Waals surface area contributed by atoms with Crippen LogP contribution in [0.2, 0.25) is 0 Å². The molecule has 0 aliphatic heterocycles. The summed E-state index contributed by atoms with van der Waals surface area (Å²) in [6, 6.07) is 0. The van der Waals surface area contributed by atoms with Crippen LogP contribution in [0.3, 0.4) is 0 Å². The monoisotopic (exact) mass is 809 g/mol. The number of esters is 2. The minimum atomic E-state index is -5.11. The van der Waals surface area contributed by atoms with Crippen LogP contribution in [0.15, 0.2) is 12.2 Å². The number of carbonyl (C=O) groups excluding carboxylic acids is 2. The van der Waals surface area contributed by atoms with E-state index in [2.05, 4.69) is 26.0 Å². The van der Waals surface area contributed by atoms with Gasteiger partial charge in [0.15, 0.2) is 6.10 Å². The summed E-state index contributed by atoms with van der Waals surface area (Å²) in [4.78, 5) is 35.5. The van der Waals surface area contributed by atoms with Crippen LogP contribution in [-0.4, -0.2) is 98.3 Å². The summed E-state index contributed by atoms with van der Waals surface area (Å²) in [5.74, 6) is -1.11. The first kappa shape index (κ1) is 51.6. The number of rotatable bonds is 35. The van der Waals surface area contributed by atoms with Gasteiger partial charge >= 0.3 is 19.8 Å². The summed E-state index contributed by atoms with van der Waals surface area (Å²) in [5, 5.41) is 50.0. The van der Waals surface area contributed by atoms with Gasteiger partial charge < -0.3 is 39.9 Å². The predicted molar refractivity (Wildman–Crippen MR) is 212 cm³/mol. The van der Waals surface area contributed by atoms with Crippen LogP contribution in [-0.2, 0) is 32.7 Å². The maximum absolute atomic E-state index is 12.8. The number of phosphoric ester groups is 1. The summed E-state index contributed by atoms with van der Waals surface area (Å²) in [6.07, 6.45) is 18.5. The molecule has 0 aromatic rings. The minimum absolute atomic E-state index is 0.0981. The molecule has 1 aliphatic rings. The van der Waals surface area contributed by atoms with E-state index in [1.807, 2.05) is 0 Å². The number of phosphoric acid groups is 1. The lowest BCUT2D eigenvalue weighted by Crippen LogP contribution is -2.64. The van der Waals surface area contributed by atoms with E-state index < -0.39 is 75.7 Å². The Morgan fingerprint density at radius 2 is 0.927 bits per heavy atom. The third-order valence-corrected chi connectivity index (χ3v) is 11.1. The average Bonchev–Trinajstić information content (AvgIpc) is 3.16. The summed E-state index contributed by atoms with van der Waals surface area (Å²) in [7, 11) is -5.11. The SMILES string of the molecule is CCCCCCCCCC/C=C/CCCCCC(=O)OC[C@H](COP(=O)(O)OC1C(O)C(O)C(O)[C@@H](O)C1O)OC(=O)CCCCCCCCCCCCC. The molecule has 0 aromatic carbocycles. The number of ether oxygens (including phenoxy) is 2. The van der Waals surface area contributed by atoms with Crippen molar-refractivity contribution in [2.24, 2.45) is 0 Å². The van der Waals surface area contributed by atoms with Crippen molar-refractivity contribution >= 4 is 19.8 Å². The number of hydrogen-bond donors (Lipinski definition) is 6. The number of unbranched alkanes of at least 4 members (excludes halogenated alkanes) is 21. The number of allylic oxidation sites excluding steroid dienone is 2. The van der Waals surface area contributed by atoms with Crippen LogP contribution < -0.4 is 0 Å². The largest absolute Gasteiger partial charge is 0.472 e. The maximum atomic E-state index is 12.8. The Hall–Kier alpha value is -1.41. The van der Waals surface area contributed by atoms with Crippen molar-refractivity contribution in [3.8, 4) is 0 Å². The molecule has 1 aliphatic carbocycles. The highest BCUT2D eigenvalue weighted by Gasteiger charge is 2.51. The molecule has 55 heavy (non-hydrogen) atoms. The third-order valence-electron chi connectivity index (χ3n) is 10.1. The highest BCUT2D eigenvalue weighted by molar-refractivity contribution is 7.47. The van der Waals surface area contributed by atoms with Gasteiger partial charge in [0.2, 0.25) is 0 Å². The Kier molecular flexibility index (Phi) is 30.5. The molecule has 1 saturated carbocycles. The number of aliphatic hydroxyl groups excluding tert-OH is 5. The van der Waals surface area contributed by atoms with Gasteiger partial charge in [-0.2, -0.15) is 0 Å². The molecule has 8 atom stereocenters. The zero-order valence-electron chi connectivity index (χ0n) is 34.0. The van der Waals surface area contributed by atoms with Gasteiger partial charge in [-0.1, -0.05) is 142 Å². The maximum Gasteiger partial charge on any atom is 0.472 e. The Bertz CT molecular complexity index is 1030. The molecule has 0 saturated heterocycles. The van der Waals surface area contributed by atoms with E-state index in [1.54, 1.807) is 0 Å². The topological polar surface area (TPSA) is 210 Å². The molecule has 6 N–H and O–H groups in total. The van der Waals surface area contributed by atoms with Crippen molar-refractivity contribution < 1.29 is 63.1 Å². The van der Waals surface area contributed by atoms with Gasteiger partial charge in [0, 0.05) is 12.8 Å². The van der Waals surface area contributed by atoms with Gasteiger partial charge in [-0.3, -0.25) is 18.6 Å². The van der Waals surface area contributed by atoms with E-state index in [1.165, 1.54) is 89.9 Å². The molecule has 0 radical (unpaired) electrons. The van der Waals surface area contributed by atoms with Crippen LogP contribution >= 0.6 is 7.82 Å². The second kappa shape index (κ2) is 32.5. The van der Waals surface area contributed by atoms with E-state index in [4.69, 9.17) is 18.5 Å². The van der Waals surface area contributed by atoms with Crippen molar-refractivity contribution in [2.45, 2.75) is 224 Å². The lowest BCUT2D eigenvalue weighted by atomic mass is 9.85. The van der Waals surface area contributed by atoms with Crippen LogP contribution in [0, 0.1) is 0 Å². The zero-order chi connectivity index (χ0) is 40.7. The van der Waals surface area contributed by atoms with Gasteiger partial charge in [0.05, 0.1) is 6.61 Å². The van der Waals surface area contributed by atoms with Crippen LogP contribution in [0.4, 0.5) is 0 Å². The first-order chi connectivity index (χ1) is 26.4. The first-order valence-corrected chi connectivity index (χ1v) is 23.0. The van der Waals surface area contributed by atoms with Gasteiger partial charge in [-0.15, -0.1) is 0 Å². The fourth-order valence-electron chi connectivity index (χ4n) is 6.58. The molecule has 0 aromatic heterocycles. The van der Waals surface area contributed by atoms with Crippen molar-refractivity contribution in [2.75, 3.05) is 13.2 Å². The van der Waals surface area contributed by atoms with E-state index >= 15 is 0 Å². The Morgan fingerprint density at radius 3 is 1.40 bits per heavy atom. The quantitative estimate of drug-likeness (QED) is 0.0159. The molecule has 0 bridgehead atoms. The lowest BCUT2D eigenvalue weighted by molar-refractivity contribution is -0.220. The second-order valence-corrected chi connectivity index (χ2v) is 16.6.